The van der Waals surface area contributed by atoms with Crippen molar-refractivity contribution in [3.05, 3.63) is 0 Å². The van der Waals surface area contributed by atoms with Crippen LogP contribution in [0.4, 0.5) is 0 Å². The number of carbonyl (C=O) groups excluding carboxylic acids is 1. The van der Waals surface area contributed by atoms with Gasteiger partial charge in [-0.25, -0.2) is 0 Å². The van der Waals surface area contributed by atoms with Gasteiger partial charge in [-0.15, -0.1) is 0 Å². The van der Waals surface area contributed by atoms with E-state index in [0.29, 0.717) is 5.96 Å². The maximum atomic E-state index is 10.9. The highest BCUT2D eigenvalue weighted by molar-refractivity contribution is 6.06. The minimum Gasteiger partial charge on any atom is -0.345 e. The van der Waals surface area contributed by atoms with Crippen LogP contribution in [0.3, 0.4) is 0 Å². The molecule has 1 amide bonds. The smallest absolute Gasteiger partial charge is 0.248 e. The Labute approximate surface area is 66.1 Å². The van der Waals surface area contributed by atoms with Gasteiger partial charge < -0.3 is 5.32 Å². The molecule has 0 radical (unpaired) electrons. The molecule has 4 heteroatoms. The number of hydrogen-bond acceptors (Lipinski definition) is 2. The molecule has 0 bridgehead atoms. The van der Waals surface area contributed by atoms with E-state index in [-0.39, 0.29) is 11.9 Å². The van der Waals surface area contributed by atoms with E-state index in [9.17, 15) is 4.79 Å². The van der Waals surface area contributed by atoms with Gasteiger partial charge in [0.2, 0.25) is 5.91 Å². The third-order valence-electron chi connectivity index (χ3n) is 1.48. The molecule has 62 valence electrons. The van der Waals surface area contributed by atoms with Crippen LogP contribution in [0, 0.1) is 0 Å². The van der Waals surface area contributed by atoms with Gasteiger partial charge in [0, 0.05) is 6.54 Å². The molecule has 0 aromatic carbocycles. The molecule has 0 aliphatic carbocycles. The zero-order chi connectivity index (χ0) is 8.27. The van der Waals surface area contributed by atoms with Crippen molar-refractivity contribution in [3.8, 4) is 0 Å². The summed E-state index contributed by atoms with van der Waals surface area (Å²) in [5.41, 5.74) is 0. The summed E-state index contributed by atoms with van der Waals surface area (Å²) in [5, 5.41) is 5.57. The van der Waals surface area contributed by atoms with Crippen LogP contribution in [0.1, 0.15) is 20.3 Å². The van der Waals surface area contributed by atoms with E-state index in [1.807, 2.05) is 13.8 Å². The first-order chi connectivity index (χ1) is 5.24. The fraction of sp³-hybridized carbons (Fsp3) is 0.714. The van der Waals surface area contributed by atoms with E-state index in [1.54, 1.807) is 0 Å². The van der Waals surface area contributed by atoms with Gasteiger partial charge in [0.05, 0.1) is 0 Å². The number of nitrogens with zero attached hydrogens (tertiary/aromatic N) is 1. The molecule has 0 saturated carbocycles. The molecule has 1 aliphatic heterocycles. The first-order valence-corrected chi connectivity index (χ1v) is 3.86. The van der Waals surface area contributed by atoms with E-state index in [1.165, 1.54) is 0 Å². The quantitative estimate of drug-likeness (QED) is 0.583. The molecule has 4 nitrogen and oxygen atoms in total. The van der Waals surface area contributed by atoms with E-state index in [2.05, 4.69) is 15.6 Å². The minimum atomic E-state index is -0.134. The fourth-order valence-corrected chi connectivity index (χ4v) is 0.840. The number of amides is 1. The third kappa shape index (κ3) is 1.93. The number of guanidine groups is 1. The average Bonchev–Trinajstić information content (AvgIpc) is 2.28. The molecule has 11 heavy (non-hydrogen) atoms. The molecule has 0 aromatic rings. The lowest BCUT2D eigenvalue weighted by molar-refractivity contribution is -0.119. The van der Waals surface area contributed by atoms with Crippen molar-refractivity contribution in [2.45, 2.75) is 26.3 Å². The molecule has 1 aliphatic rings. The zero-order valence-electron chi connectivity index (χ0n) is 6.85. The van der Waals surface area contributed by atoms with Gasteiger partial charge in [-0.2, -0.15) is 0 Å². The van der Waals surface area contributed by atoms with Crippen molar-refractivity contribution in [1.29, 1.82) is 0 Å². The average molecular weight is 155 g/mol. The van der Waals surface area contributed by atoms with E-state index in [4.69, 9.17) is 0 Å². The Kier molecular flexibility index (Phi) is 2.46. The predicted molar refractivity (Wildman–Crippen MR) is 43.3 cm³/mol. The summed E-state index contributed by atoms with van der Waals surface area (Å²) in [7, 11) is 0. The van der Waals surface area contributed by atoms with Gasteiger partial charge in [0.25, 0.3) is 0 Å². The van der Waals surface area contributed by atoms with Crippen LogP contribution >= 0.6 is 0 Å². The third-order valence-corrected chi connectivity index (χ3v) is 1.48. The van der Waals surface area contributed by atoms with Crippen molar-refractivity contribution in [1.82, 2.24) is 10.6 Å². The summed E-state index contributed by atoms with van der Waals surface area (Å²) >= 11 is 0. The van der Waals surface area contributed by atoms with Gasteiger partial charge in [-0.1, -0.05) is 6.92 Å². The molecule has 1 atom stereocenters. The Morgan fingerprint density at radius 1 is 1.64 bits per heavy atom. The number of nitrogens with one attached hydrogen (secondary N) is 2. The van der Waals surface area contributed by atoms with Crippen LogP contribution in [-0.2, 0) is 4.79 Å². The largest absolute Gasteiger partial charge is 0.345 e. The van der Waals surface area contributed by atoms with Gasteiger partial charge in [0.1, 0.15) is 6.04 Å². The summed E-state index contributed by atoms with van der Waals surface area (Å²) in [6, 6.07) is -0.134. The normalized spacial score (nSPS) is 26.9. The molecule has 1 unspecified atom stereocenters. The molecule has 0 aromatic heterocycles. The molecular weight excluding hydrogens is 142 g/mol. The molecule has 1 saturated heterocycles. The van der Waals surface area contributed by atoms with Crippen molar-refractivity contribution < 1.29 is 4.79 Å². The van der Waals surface area contributed by atoms with Crippen LogP contribution in [0.25, 0.3) is 0 Å². The lowest BCUT2D eigenvalue weighted by atomic mass is 10.4. The lowest BCUT2D eigenvalue weighted by Gasteiger charge is -1.97. The van der Waals surface area contributed by atoms with Gasteiger partial charge in [-0.3, -0.25) is 15.1 Å². The molecule has 1 heterocycles. The van der Waals surface area contributed by atoms with Gasteiger partial charge >= 0.3 is 0 Å². The monoisotopic (exact) mass is 155 g/mol. The maximum Gasteiger partial charge on any atom is 0.248 e. The Morgan fingerprint density at radius 2 is 2.36 bits per heavy atom. The summed E-state index contributed by atoms with van der Waals surface area (Å²) in [6.07, 6.45) is 0.995. The molecule has 1 fully saturated rings. The zero-order valence-corrected chi connectivity index (χ0v) is 6.85. The highest BCUT2D eigenvalue weighted by Gasteiger charge is 2.22. The number of carbonyl (C=O) groups is 1. The van der Waals surface area contributed by atoms with Crippen molar-refractivity contribution in [2.24, 2.45) is 4.99 Å². The summed E-state index contributed by atoms with van der Waals surface area (Å²) in [4.78, 5) is 15.0. The SMILES string of the molecule is CCCN=C1NC(=O)C(C)N1. The van der Waals surface area contributed by atoms with Crippen LogP contribution in [0.5, 0.6) is 0 Å². The van der Waals surface area contributed by atoms with Crippen LogP contribution in [0.15, 0.2) is 4.99 Å². The van der Waals surface area contributed by atoms with E-state index in [0.717, 1.165) is 13.0 Å². The topological polar surface area (TPSA) is 53.5 Å². The maximum absolute atomic E-state index is 10.9. The summed E-state index contributed by atoms with van der Waals surface area (Å²) < 4.78 is 0. The Morgan fingerprint density at radius 3 is 2.82 bits per heavy atom. The second kappa shape index (κ2) is 3.37. The number of hydrogen-bond donors (Lipinski definition) is 2. The fourth-order valence-electron chi connectivity index (χ4n) is 0.840. The standard InChI is InChI=1S/C7H13N3O/c1-3-4-8-7-9-5(2)6(11)10-7/h5H,3-4H2,1-2H3,(H2,8,9,10,11). The van der Waals surface area contributed by atoms with Gasteiger partial charge in [-0.05, 0) is 13.3 Å². The van der Waals surface area contributed by atoms with E-state index >= 15 is 0 Å². The first kappa shape index (κ1) is 8.04. The van der Waals surface area contributed by atoms with Crippen LogP contribution in [-0.4, -0.2) is 24.5 Å². The first-order valence-electron chi connectivity index (χ1n) is 3.86. The highest BCUT2D eigenvalue weighted by Crippen LogP contribution is 1.91. The summed E-state index contributed by atoms with van der Waals surface area (Å²) in [6.45, 7) is 4.61. The lowest BCUT2D eigenvalue weighted by Crippen LogP contribution is -2.26. The van der Waals surface area contributed by atoms with Crippen LogP contribution < -0.4 is 10.6 Å². The Bertz CT molecular complexity index is 188. The van der Waals surface area contributed by atoms with E-state index < -0.39 is 0 Å². The Hall–Kier alpha value is -1.06. The highest BCUT2D eigenvalue weighted by atomic mass is 16.2. The Balaban J connectivity index is 2.46. The second-order valence-corrected chi connectivity index (χ2v) is 2.59. The second-order valence-electron chi connectivity index (χ2n) is 2.59. The summed E-state index contributed by atoms with van der Waals surface area (Å²) in [5.74, 6) is 0.615. The van der Waals surface area contributed by atoms with Crippen molar-refractivity contribution in [2.75, 3.05) is 6.54 Å². The van der Waals surface area contributed by atoms with Crippen molar-refractivity contribution in [3.63, 3.8) is 0 Å². The van der Waals surface area contributed by atoms with Crippen LogP contribution in [0.2, 0.25) is 0 Å². The predicted octanol–water partition coefficient (Wildman–Crippen LogP) is -0.140. The van der Waals surface area contributed by atoms with Gasteiger partial charge in [0.15, 0.2) is 5.96 Å². The molecule has 2 N–H and O–H groups in total. The number of aliphatic imine (C=N–C) groups is 1. The minimum absolute atomic E-state index is 0.000136. The molecular formula is C7H13N3O. The molecule has 0 spiro atoms. The number of rotatable bonds is 2. The van der Waals surface area contributed by atoms with Crippen molar-refractivity contribution >= 4 is 11.9 Å². The molecule has 1 rings (SSSR count).